The molecule has 0 atom stereocenters. The summed E-state index contributed by atoms with van der Waals surface area (Å²) in [5.41, 5.74) is 0.192. The lowest BCUT2D eigenvalue weighted by Crippen LogP contribution is -2.44. The smallest absolute Gasteiger partial charge is 0.415 e. The Bertz CT molecular complexity index is 1260. The molecule has 234 valence electrons. The van der Waals surface area contributed by atoms with E-state index in [1.54, 1.807) is 12.1 Å². The number of benzene rings is 2. The Hall–Kier alpha value is -3.25. The lowest BCUT2D eigenvalue weighted by atomic mass is 10.0. The van der Waals surface area contributed by atoms with Crippen LogP contribution < -0.4 is 20.1 Å². The van der Waals surface area contributed by atoms with E-state index < -0.39 is 24.3 Å². The number of nitrogens with one attached hydrogen (secondary N) is 2. The molecule has 2 saturated heterocycles. The van der Waals surface area contributed by atoms with Gasteiger partial charge in [-0.3, -0.25) is 9.80 Å². The lowest BCUT2D eigenvalue weighted by molar-refractivity contribution is -0.0967. The third-order valence-electron chi connectivity index (χ3n) is 7.25. The Balaban J connectivity index is 1.42. The quantitative estimate of drug-likeness (QED) is 0.233. The predicted molar refractivity (Wildman–Crippen MR) is 158 cm³/mol. The van der Waals surface area contributed by atoms with Crippen molar-refractivity contribution in [3.63, 3.8) is 0 Å². The van der Waals surface area contributed by atoms with Crippen molar-refractivity contribution >= 4 is 0 Å². The van der Waals surface area contributed by atoms with Gasteiger partial charge in [-0.15, -0.1) is 0 Å². The number of piperazine rings is 2. The average Bonchev–Trinajstić information content (AvgIpc) is 2.97. The second-order valence-corrected chi connectivity index (χ2v) is 10.8. The summed E-state index contributed by atoms with van der Waals surface area (Å²) in [6, 6.07) is 10.6. The van der Waals surface area contributed by atoms with Gasteiger partial charge in [-0.05, 0) is 53.6 Å². The Kier molecular flexibility index (Phi) is 11.4. The maximum Gasteiger partial charge on any atom is 0.415 e. The van der Waals surface area contributed by atoms with Gasteiger partial charge >= 0.3 is 6.18 Å². The van der Waals surface area contributed by atoms with Crippen LogP contribution in [0.25, 0.3) is 0 Å². The molecule has 6 nitrogen and oxygen atoms in total. The van der Waals surface area contributed by atoms with Crippen molar-refractivity contribution in [1.29, 1.82) is 0 Å². The molecule has 2 aromatic rings. The zero-order valence-electron chi connectivity index (χ0n) is 24.4. The highest BCUT2D eigenvalue weighted by Gasteiger charge is 2.34. The Morgan fingerprint density at radius 2 is 1.49 bits per heavy atom. The molecule has 2 aromatic carbocycles. The first-order chi connectivity index (χ1) is 20.5. The molecule has 0 bridgehead atoms. The average molecular weight is 607 g/mol. The summed E-state index contributed by atoms with van der Waals surface area (Å²) < 4.78 is 82.0. The summed E-state index contributed by atoms with van der Waals surface area (Å²) in [5, 5.41) is 6.49. The molecule has 2 heterocycles. The molecule has 0 aromatic heterocycles. The molecule has 4 rings (SSSR count). The molecule has 0 aliphatic carbocycles. The molecule has 0 unspecified atom stereocenters. The van der Waals surface area contributed by atoms with E-state index >= 15 is 0 Å². The summed E-state index contributed by atoms with van der Waals surface area (Å²) in [6.45, 7) is 11.1. The van der Waals surface area contributed by atoms with Crippen molar-refractivity contribution < 1.29 is 31.4 Å². The number of ether oxygens (including phenoxy) is 2. The molecule has 2 aliphatic rings. The number of allylic oxidation sites excluding steroid dienone is 2. The molecular formula is C32H39F5N4O2. The van der Waals surface area contributed by atoms with Crippen molar-refractivity contribution in [2.75, 3.05) is 65.5 Å². The van der Waals surface area contributed by atoms with Crippen LogP contribution in [0.2, 0.25) is 0 Å². The maximum absolute atomic E-state index is 14.5. The summed E-state index contributed by atoms with van der Waals surface area (Å²) in [7, 11) is 0. The van der Waals surface area contributed by atoms with E-state index in [0.717, 1.165) is 70.9 Å². The van der Waals surface area contributed by atoms with Gasteiger partial charge in [0.2, 0.25) is 0 Å². The number of nitrogens with zero attached hydrogens (tertiary/aromatic N) is 2. The largest absolute Gasteiger partial charge is 0.489 e. The number of alkyl halides is 5. The minimum absolute atomic E-state index is 0.0125. The zero-order valence-corrected chi connectivity index (χ0v) is 24.4. The summed E-state index contributed by atoms with van der Waals surface area (Å²) in [4.78, 5) is 4.28. The first-order valence-electron chi connectivity index (χ1n) is 14.4. The van der Waals surface area contributed by atoms with Gasteiger partial charge in [0.25, 0.3) is 5.92 Å². The third-order valence-corrected chi connectivity index (χ3v) is 7.25. The number of halogens is 5. The summed E-state index contributed by atoms with van der Waals surface area (Å²) >= 11 is 0. The molecular weight excluding hydrogens is 567 g/mol. The maximum atomic E-state index is 14.5. The molecule has 2 fully saturated rings. The van der Waals surface area contributed by atoms with E-state index in [2.05, 4.69) is 27.0 Å². The van der Waals surface area contributed by atoms with Gasteiger partial charge in [-0.25, -0.2) is 8.78 Å². The van der Waals surface area contributed by atoms with Crippen LogP contribution >= 0.6 is 0 Å². The molecule has 2 aliphatic heterocycles. The Morgan fingerprint density at radius 3 is 2.07 bits per heavy atom. The van der Waals surface area contributed by atoms with Crippen LogP contribution in [0.1, 0.15) is 18.1 Å². The van der Waals surface area contributed by atoms with Gasteiger partial charge in [0.05, 0.1) is 11.1 Å². The van der Waals surface area contributed by atoms with Gasteiger partial charge in [0, 0.05) is 72.4 Å². The van der Waals surface area contributed by atoms with Crippen LogP contribution in [0.3, 0.4) is 0 Å². The fourth-order valence-corrected chi connectivity index (χ4v) is 4.98. The second kappa shape index (κ2) is 15.0. The molecule has 0 radical (unpaired) electrons. The first-order valence-corrected chi connectivity index (χ1v) is 14.4. The Labute approximate surface area is 249 Å². The van der Waals surface area contributed by atoms with Crippen molar-refractivity contribution in [3.8, 4) is 17.2 Å². The predicted octanol–water partition coefficient (Wildman–Crippen LogP) is 5.88. The first kappa shape index (κ1) is 32.7. The van der Waals surface area contributed by atoms with E-state index in [9.17, 15) is 22.0 Å². The topological polar surface area (TPSA) is 49.0 Å². The van der Waals surface area contributed by atoms with Crippen LogP contribution in [0.4, 0.5) is 22.0 Å². The molecule has 2 N–H and O–H groups in total. The third kappa shape index (κ3) is 10.2. The van der Waals surface area contributed by atoms with Crippen molar-refractivity contribution in [2.45, 2.75) is 25.6 Å². The highest BCUT2D eigenvalue weighted by Crippen LogP contribution is 2.38. The van der Waals surface area contributed by atoms with Crippen LogP contribution in [0.15, 0.2) is 78.4 Å². The SMILES string of the molecule is C=C/C=C(\C=C(/COc1ccc(Oc2ccc(CN3CCNCC3)cc2C(C)(F)F)cc1)C(F)(F)F)CN1CCNCC1. The normalized spacial score (nSPS) is 18.0. The van der Waals surface area contributed by atoms with Crippen LogP contribution in [0, 0.1) is 0 Å². The fourth-order valence-electron chi connectivity index (χ4n) is 4.98. The molecule has 11 heteroatoms. The van der Waals surface area contributed by atoms with E-state index in [-0.39, 0.29) is 22.8 Å². The van der Waals surface area contributed by atoms with Crippen molar-refractivity contribution in [3.05, 3.63) is 89.5 Å². The van der Waals surface area contributed by atoms with Crippen molar-refractivity contribution in [2.24, 2.45) is 0 Å². The number of hydrogen-bond donors (Lipinski definition) is 2. The van der Waals surface area contributed by atoms with Gasteiger partial charge < -0.3 is 20.1 Å². The van der Waals surface area contributed by atoms with Gasteiger partial charge in [-0.2, -0.15) is 13.2 Å². The van der Waals surface area contributed by atoms with Crippen molar-refractivity contribution in [1.82, 2.24) is 20.4 Å². The highest BCUT2D eigenvalue weighted by molar-refractivity contribution is 5.44. The minimum atomic E-state index is -4.59. The molecule has 0 saturated carbocycles. The zero-order chi connectivity index (χ0) is 30.9. The van der Waals surface area contributed by atoms with Crippen LogP contribution in [-0.2, 0) is 12.5 Å². The van der Waals surface area contributed by atoms with Gasteiger partial charge in [-0.1, -0.05) is 24.8 Å². The molecule has 43 heavy (non-hydrogen) atoms. The second-order valence-electron chi connectivity index (χ2n) is 10.8. The minimum Gasteiger partial charge on any atom is -0.489 e. The Morgan fingerprint density at radius 1 is 0.884 bits per heavy atom. The number of hydrogen-bond acceptors (Lipinski definition) is 6. The monoisotopic (exact) mass is 606 g/mol. The fraction of sp³-hybridized carbons (Fsp3) is 0.438. The number of rotatable bonds is 12. The summed E-state index contributed by atoms with van der Waals surface area (Å²) in [5.74, 6) is -2.68. The standard InChI is InChI=1S/C32H39F5N4O2/c1-3-4-24(21-40-15-11-38-12-16-40)19-26(32(35,36)37)23-42-27-6-8-28(9-7-27)43-30-10-5-25(20-29(30)31(2,33)34)22-41-17-13-39-14-18-41/h3-10,19-20,38-39H,1,11-18,21-23H2,2H3/b24-4+,26-19+. The van der Waals surface area contributed by atoms with E-state index in [1.165, 1.54) is 42.5 Å². The van der Waals surface area contributed by atoms with Gasteiger partial charge in [0.1, 0.15) is 23.9 Å². The highest BCUT2D eigenvalue weighted by atomic mass is 19.4. The van der Waals surface area contributed by atoms with E-state index in [0.29, 0.717) is 18.7 Å². The van der Waals surface area contributed by atoms with E-state index in [4.69, 9.17) is 9.47 Å². The van der Waals surface area contributed by atoms with Crippen LogP contribution in [-0.4, -0.2) is 81.5 Å². The summed E-state index contributed by atoms with van der Waals surface area (Å²) in [6.07, 6.45) is -0.432. The van der Waals surface area contributed by atoms with Gasteiger partial charge in [0.15, 0.2) is 0 Å². The molecule has 0 amide bonds. The lowest BCUT2D eigenvalue weighted by Gasteiger charge is -2.27. The van der Waals surface area contributed by atoms with Crippen LogP contribution in [0.5, 0.6) is 17.2 Å². The molecule has 0 spiro atoms. The van der Waals surface area contributed by atoms with E-state index in [1.807, 2.05) is 0 Å².